The summed E-state index contributed by atoms with van der Waals surface area (Å²) in [5.41, 5.74) is 8.82. The number of ether oxygens (including phenoxy) is 1. The van der Waals surface area contributed by atoms with Gasteiger partial charge in [0, 0.05) is 18.5 Å². The molecule has 0 aliphatic carbocycles. The number of nitriles is 1. The van der Waals surface area contributed by atoms with Gasteiger partial charge in [-0.3, -0.25) is 0 Å². The zero-order valence-electron chi connectivity index (χ0n) is 21.0. The van der Waals surface area contributed by atoms with Crippen molar-refractivity contribution in [2.45, 2.75) is 38.5 Å². The van der Waals surface area contributed by atoms with E-state index in [9.17, 15) is 5.26 Å². The summed E-state index contributed by atoms with van der Waals surface area (Å²) in [6.07, 6.45) is 6.02. The molecule has 3 aromatic carbocycles. The third-order valence-electron chi connectivity index (χ3n) is 7.54. The molecule has 2 aliphatic heterocycles. The molecule has 188 valence electrons. The number of hydrogen-bond donors (Lipinski definition) is 1. The Bertz CT molecular complexity index is 1690. The Morgan fingerprint density at radius 2 is 1.95 bits per heavy atom. The molecule has 5 aromatic rings. The number of benzene rings is 3. The summed E-state index contributed by atoms with van der Waals surface area (Å²) in [6.45, 7) is 2.63. The summed E-state index contributed by atoms with van der Waals surface area (Å²) in [5.74, 6) is 0. The average Bonchev–Trinajstić information content (AvgIpc) is 3.62. The second kappa shape index (κ2) is 9.53. The lowest BCUT2D eigenvalue weighted by atomic mass is 10.0. The molecule has 7 rings (SSSR count). The lowest BCUT2D eigenvalue weighted by Gasteiger charge is -2.23. The van der Waals surface area contributed by atoms with Crippen molar-refractivity contribution in [3.8, 4) is 34.3 Å². The summed E-state index contributed by atoms with van der Waals surface area (Å²) in [6, 6.07) is 22.7. The van der Waals surface area contributed by atoms with Crippen LogP contribution in [0.3, 0.4) is 0 Å². The molecule has 4 heterocycles. The molecule has 8 heteroatoms. The first kappa shape index (κ1) is 22.8. The first-order chi connectivity index (χ1) is 18.8. The van der Waals surface area contributed by atoms with Gasteiger partial charge in [0.15, 0.2) is 6.23 Å². The number of nitrogens with one attached hydrogen (secondary N) is 1. The van der Waals surface area contributed by atoms with Gasteiger partial charge in [-0.05, 0) is 90.9 Å². The van der Waals surface area contributed by atoms with Crippen LogP contribution in [0.2, 0.25) is 0 Å². The first-order valence-corrected chi connectivity index (χ1v) is 13.2. The maximum atomic E-state index is 9.38. The molecular formula is C30H27N7O. The molecule has 0 radical (unpaired) electrons. The molecule has 8 nitrogen and oxygen atoms in total. The maximum Gasteiger partial charge on any atom is 0.150 e. The van der Waals surface area contributed by atoms with E-state index in [0.29, 0.717) is 11.3 Å². The number of aromatic nitrogens is 5. The van der Waals surface area contributed by atoms with Gasteiger partial charge in [0.25, 0.3) is 0 Å². The van der Waals surface area contributed by atoms with Crippen molar-refractivity contribution in [1.29, 1.82) is 5.26 Å². The minimum atomic E-state index is -0.101. The number of rotatable bonds is 4. The summed E-state index contributed by atoms with van der Waals surface area (Å²) in [7, 11) is 0. The van der Waals surface area contributed by atoms with Gasteiger partial charge >= 0.3 is 0 Å². The molecule has 1 unspecified atom stereocenters. The Labute approximate surface area is 220 Å². The van der Waals surface area contributed by atoms with Crippen molar-refractivity contribution < 1.29 is 4.74 Å². The molecule has 2 aromatic heterocycles. The van der Waals surface area contributed by atoms with Crippen molar-refractivity contribution in [2.24, 2.45) is 0 Å². The fourth-order valence-corrected chi connectivity index (χ4v) is 5.52. The zero-order chi connectivity index (χ0) is 25.5. The van der Waals surface area contributed by atoms with Crippen molar-refractivity contribution in [3.63, 3.8) is 0 Å². The Kier molecular flexibility index (Phi) is 5.73. The predicted octanol–water partition coefficient (Wildman–Crippen LogP) is 5.17. The molecule has 0 spiro atoms. The van der Waals surface area contributed by atoms with Crippen LogP contribution in [0.1, 0.15) is 42.2 Å². The lowest BCUT2D eigenvalue weighted by molar-refractivity contribution is -0.0365. The largest absolute Gasteiger partial charge is 0.356 e. The van der Waals surface area contributed by atoms with Crippen LogP contribution in [0.15, 0.2) is 66.9 Å². The van der Waals surface area contributed by atoms with Gasteiger partial charge < -0.3 is 10.1 Å². The highest BCUT2D eigenvalue weighted by molar-refractivity contribution is 5.95. The summed E-state index contributed by atoms with van der Waals surface area (Å²) in [5, 5.41) is 27.9. The Morgan fingerprint density at radius 1 is 1.00 bits per heavy atom. The van der Waals surface area contributed by atoms with E-state index < -0.39 is 0 Å². The number of nitrogens with zero attached hydrogens (tertiary/aromatic N) is 6. The topological polar surface area (TPSA) is 93.6 Å². The highest BCUT2D eigenvalue weighted by Gasteiger charge is 2.23. The zero-order valence-corrected chi connectivity index (χ0v) is 21.0. The van der Waals surface area contributed by atoms with E-state index in [1.165, 1.54) is 11.1 Å². The van der Waals surface area contributed by atoms with E-state index in [0.717, 1.165) is 78.8 Å². The van der Waals surface area contributed by atoms with Crippen LogP contribution in [0.25, 0.3) is 39.1 Å². The van der Waals surface area contributed by atoms with Crippen molar-refractivity contribution in [1.82, 2.24) is 30.1 Å². The van der Waals surface area contributed by atoms with E-state index in [4.69, 9.17) is 9.84 Å². The van der Waals surface area contributed by atoms with Crippen LogP contribution in [-0.2, 0) is 17.7 Å². The molecule has 1 saturated heterocycles. The van der Waals surface area contributed by atoms with Crippen molar-refractivity contribution in [2.75, 3.05) is 13.2 Å². The van der Waals surface area contributed by atoms with Crippen LogP contribution in [0.4, 0.5) is 0 Å². The van der Waals surface area contributed by atoms with Crippen molar-refractivity contribution >= 4 is 10.9 Å². The standard InChI is InChI=1S/C30H27N7O/c31-17-20-4-3-5-22(14-20)23-8-10-28-26(16-23)30(34-37(28)29-6-1-2-13-38-29)27-19-36(35-33-27)25-9-7-21-11-12-32-18-24(21)15-25/h3-5,7-10,14-16,19,29,32H,1-2,6,11-13,18H2. The van der Waals surface area contributed by atoms with Gasteiger partial charge in [-0.1, -0.05) is 29.5 Å². The molecule has 0 saturated carbocycles. The smallest absolute Gasteiger partial charge is 0.150 e. The fourth-order valence-electron chi connectivity index (χ4n) is 5.52. The maximum absolute atomic E-state index is 9.38. The van der Waals surface area contributed by atoms with Crippen LogP contribution >= 0.6 is 0 Å². The Morgan fingerprint density at radius 3 is 2.84 bits per heavy atom. The number of fused-ring (bicyclic) bond motifs is 2. The van der Waals surface area contributed by atoms with E-state index in [1.54, 1.807) is 0 Å². The van der Waals surface area contributed by atoms with E-state index in [-0.39, 0.29) is 6.23 Å². The fraction of sp³-hybridized carbons (Fsp3) is 0.267. The summed E-state index contributed by atoms with van der Waals surface area (Å²) < 4.78 is 9.94. The third kappa shape index (κ3) is 4.06. The monoisotopic (exact) mass is 501 g/mol. The van der Waals surface area contributed by atoms with Gasteiger partial charge in [0.1, 0.15) is 11.4 Å². The SMILES string of the molecule is N#Cc1cccc(-c2ccc3c(c2)c(-c2cn(-c4ccc5c(c4)CNCC5)nn2)nn3C2CCCCO2)c1. The van der Waals surface area contributed by atoms with Gasteiger partial charge in [-0.2, -0.15) is 10.4 Å². The van der Waals surface area contributed by atoms with Crippen LogP contribution < -0.4 is 5.32 Å². The quantitative estimate of drug-likeness (QED) is 0.365. The molecule has 2 aliphatic rings. The molecule has 0 bridgehead atoms. The Hall–Kier alpha value is -4.32. The average molecular weight is 502 g/mol. The molecule has 1 atom stereocenters. The molecule has 0 amide bonds. The first-order valence-electron chi connectivity index (χ1n) is 13.2. The lowest BCUT2D eigenvalue weighted by Crippen LogP contribution is -2.23. The van der Waals surface area contributed by atoms with Crippen molar-refractivity contribution in [3.05, 3.63) is 83.6 Å². The van der Waals surface area contributed by atoms with Gasteiger partial charge in [0.05, 0.1) is 29.0 Å². The van der Waals surface area contributed by atoms with E-state index >= 15 is 0 Å². The highest BCUT2D eigenvalue weighted by atomic mass is 16.5. The Balaban J connectivity index is 1.34. The van der Waals surface area contributed by atoms with Crippen LogP contribution in [-0.4, -0.2) is 37.9 Å². The van der Waals surface area contributed by atoms with Gasteiger partial charge in [0.2, 0.25) is 0 Å². The second-order valence-electron chi connectivity index (χ2n) is 9.97. The van der Waals surface area contributed by atoms with E-state index in [1.807, 2.05) is 39.8 Å². The predicted molar refractivity (Wildman–Crippen MR) is 144 cm³/mol. The number of hydrogen-bond acceptors (Lipinski definition) is 6. The minimum Gasteiger partial charge on any atom is -0.356 e. The van der Waals surface area contributed by atoms with E-state index in [2.05, 4.69) is 58.1 Å². The summed E-state index contributed by atoms with van der Waals surface area (Å²) in [4.78, 5) is 0. The van der Waals surface area contributed by atoms with Gasteiger partial charge in [-0.15, -0.1) is 5.10 Å². The summed E-state index contributed by atoms with van der Waals surface area (Å²) >= 11 is 0. The molecule has 1 N–H and O–H groups in total. The normalized spacial score (nSPS) is 17.3. The molecule has 38 heavy (non-hydrogen) atoms. The van der Waals surface area contributed by atoms with Crippen LogP contribution in [0, 0.1) is 11.3 Å². The van der Waals surface area contributed by atoms with Crippen LogP contribution in [0.5, 0.6) is 0 Å². The molecule has 1 fully saturated rings. The molecular weight excluding hydrogens is 474 g/mol. The van der Waals surface area contributed by atoms with Gasteiger partial charge in [-0.25, -0.2) is 9.36 Å². The second-order valence-corrected chi connectivity index (χ2v) is 9.97. The minimum absolute atomic E-state index is 0.101. The highest BCUT2D eigenvalue weighted by Crippen LogP contribution is 2.35. The third-order valence-corrected chi connectivity index (χ3v) is 7.54.